The lowest BCUT2D eigenvalue weighted by Crippen LogP contribution is -2.28. The first-order valence-electron chi connectivity index (χ1n) is 12.1. The molecule has 3 aromatic carbocycles. The average Bonchev–Trinajstić information content (AvgIpc) is 3.46. The number of amides is 1. The number of fused-ring (bicyclic) bond motifs is 1. The van der Waals surface area contributed by atoms with Crippen molar-refractivity contribution in [2.24, 2.45) is 4.99 Å². The van der Waals surface area contributed by atoms with Gasteiger partial charge in [-0.2, -0.15) is 0 Å². The Kier molecular flexibility index (Phi) is 7.64. The third-order valence-electron chi connectivity index (χ3n) is 6.05. The van der Waals surface area contributed by atoms with Crippen LogP contribution in [0.3, 0.4) is 0 Å². The number of hydrogen-bond donors (Lipinski definition) is 2. The molecule has 0 fully saturated rings. The maximum absolute atomic E-state index is 12.9. The zero-order chi connectivity index (χ0) is 26.5. The zero-order valence-electron chi connectivity index (χ0n) is 20.3. The van der Waals surface area contributed by atoms with Gasteiger partial charge in [0, 0.05) is 36.4 Å². The largest absolute Gasteiger partial charge is 0.361 e. The smallest absolute Gasteiger partial charge is 0.255 e. The minimum atomic E-state index is -3.68. The van der Waals surface area contributed by atoms with Gasteiger partial charge in [-0.3, -0.25) is 14.8 Å². The van der Waals surface area contributed by atoms with Gasteiger partial charge in [0.05, 0.1) is 45.7 Å². The van der Waals surface area contributed by atoms with E-state index in [1.807, 2.05) is 24.3 Å². The number of carbonyl (C=O) groups excluding carboxylic acids is 1. The number of halogens is 1. The minimum absolute atomic E-state index is 0.0976. The monoisotopic (exact) mass is 548 g/mol. The van der Waals surface area contributed by atoms with Crippen LogP contribution in [0.1, 0.15) is 16.8 Å². The number of para-hydroxylation sites is 2. The van der Waals surface area contributed by atoms with Gasteiger partial charge in [-0.1, -0.05) is 23.7 Å². The number of aromatic nitrogens is 2. The van der Waals surface area contributed by atoms with Crippen molar-refractivity contribution in [1.29, 1.82) is 0 Å². The molecule has 9 nitrogen and oxygen atoms in total. The number of nitrogens with zero attached hydrogens (tertiary/aromatic N) is 4. The van der Waals surface area contributed by atoms with E-state index in [0.29, 0.717) is 40.5 Å². The molecule has 2 N–H and O–H groups in total. The fourth-order valence-corrected chi connectivity index (χ4v) is 5.32. The van der Waals surface area contributed by atoms with Gasteiger partial charge < -0.3 is 10.2 Å². The van der Waals surface area contributed by atoms with Crippen LogP contribution in [0.5, 0.6) is 0 Å². The number of nitrogens with one attached hydrogen (secondary N) is 2. The van der Waals surface area contributed by atoms with E-state index in [0.717, 1.165) is 30.7 Å². The van der Waals surface area contributed by atoms with Crippen LogP contribution in [-0.4, -0.2) is 61.7 Å². The number of hydrogen-bond acceptors (Lipinski definition) is 7. The molecule has 0 atom stereocenters. The average molecular weight is 549 g/mol. The molecule has 4 aromatic rings. The normalized spacial score (nSPS) is 13.2. The van der Waals surface area contributed by atoms with Gasteiger partial charge in [-0.15, -0.1) is 0 Å². The lowest BCUT2D eigenvalue weighted by molar-refractivity contribution is 0.102. The van der Waals surface area contributed by atoms with E-state index in [1.165, 1.54) is 24.3 Å². The maximum atomic E-state index is 12.9. The van der Waals surface area contributed by atoms with E-state index in [4.69, 9.17) is 11.6 Å². The topological polar surface area (TPSA) is 117 Å². The van der Waals surface area contributed by atoms with Gasteiger partial charge in [0.2, 0.25) is 10.0 Å². The fraction of sp³-hybridized carbons (Fsp3) is 0.185. The van der Waals surface area contributed by atoms with E-state index < -0.39 is 10.0 Å². The molecule has 5 rings (SSSR count). The van der Waals surface area contributed by atoms with Crippen molar-refractivity contribution in [2.45, 2.75) is 11.3 Å². The fourth-order valence-electron chi connectivity index (χ4n) is 4.03. The van der Waals surface area contributed by atoms with E-state index >= 15 is 0 Å². The third kappa shape index (κ3) is 5.99. The van der Waals surface area contributed by atoms with Crippen LogP contribution in [0.15, 0.2) is 82.8 Å². The highest BCUT2D eigenvalue weighted by Crippen LogP contribution is 2.30. The molecule has 38 heavy (non-hydrogen) atoms. The molecule has 0 radical (unpaired) electrons. The summed E-state index contributed by atoms with van der Waals surface area (Å²) in [6.45, 7) is 2.70. The Morgan fingerprint density at radius 3 is 2.58 bits per heavy atom. The van der Waals surface area contributed by atoms with Crippen molar-refractivity contribution in [3.8, 4) is 11.3 Å². The molecule has 0 saturated carbocycles. The summed E-state index contributed by atoms with van der Waals surface area (Å²) < 4.78 is 27.8. The Morgan fingerprint density at radius 1 is 1.03 bits per heavy atom. The second-order valence-electron chi connectivity index (χ2n) is 8.73. The Bertz CT molecular complexity index is 1610. The van der Waals surface area contributed by atoms with E-state index in [2.05, 4.69) is 29.9 Å². The van der Waals surface area contributed by atoms with Gasteiger partial charge in [-0.25, -0.2) is 18.1 Å². The van der Waals surface area contributed by atoms with Crippen molar-refractivity contribution in [2.75, 3.05) is 31.5 Å². The predicted molar refractivity (Wildman–Crippen MR) is 149 cm³/mol. The van der Waals surface area contributed by atoms with Gasteiger partial charge in [0.15, 0.2) is 0 Å². The van der Waals surface area contributed by atoms with Crippen LogP contribution < -0.4 is 10.0 Å². The number of sulfonamides is 1. The van der Waals surface area contributed by atoms with Crippen LogP contribution >= 0.6 is 11.6 Å². The molecule has 1 aliphatic rings. The number of benzene rings is 3. The third-order valence-corrected chi connectivity index (χ3v) is 7.86. The first kappa shape index (κ1) is 25.8. The van der Waals surface area contributed by atoms with Gasteiger partial charge in [0.25, 0.3) is 5.91 Å². The molecule has 0 unspecified atom stereocenters. The molecule has 1 aliphatic heterocycles. The molecule has 0 aliphatic carbocycles. The second kappa shape index (κ2) is 11.3. The van der Waals surface area contributed by atoms with Crippen LogP contribution in [0.2, 0.25) is 5.02 Å². The lowest BCUT2D eigenvalue weighted by atomic mass is 10.1. The standard InChI is InChI=1S/C27H25ClN6O3S/c28-23-11-8-20(16-22(23)26-17-30-24-4-1-2-5-25(24)33-26)32-27(35)19-6-9-21(10-7-19)38(36,37)31-12-3-14-34-15-13-29-18-34/h1-2,4-11,16-18,31H,3,12-15H2,(H,32,35). The van der Waals surface area contributed by atoms with Gasteiger partial charge in [0.1, 0.15) is 0 Å². The van der Waals surface area contributed by atoms with Gasteiger partial charge in [-0.05, 0) is 61.0 Å². The summed E-state index contributed by atoms with van der Waals surface area (Å²) in [5.74, 6) is -0.382. The van der Waals surface area contributed by atoms with E-state index in [1.54, 1.807) is 30.7 Å². The number of rotatable bonds is 9. The summed E-state index contributed by atoms with van der Waals surface area (Å²) in [5, 5.41) is 3.31. The maximum Gasteiger partial charge on any atom is 0.255 e. The second-order valence-corrected chi connectivity index (χ2v) is 10.9. The molecular formula is C27H25ClN6O3S. The van der Waals surface area contributed by atoms with Gasteiger partial charge >= 0.3 is 0 Å². The van der Waals surface area contributed by atoms with Crippen LogP contribution in [0, 0.1) is 0 Å². The summed E-state index contributed by atoms with van der Waals surface area (Å²) in [6, 6.07) is 18.4. The van der Waals surface area contributed by atoms with Crippen molar-refractivity contribution in [1.82, 2.24) is 19.6 Å². The number of aliphatic imine (C=N–C) groups is 1. The Hall–Kier alpha value is -3.86. The Labute approximate surface area is 225 Å². The van der Waals surface area contributed by atoms with Crippen molar-refractivity contribution in [3.63, 3.8) is 0 Å². The molecule has 0 bridgehead atoms. The van der Waals surface area contributed by atoms with Crippen molar-refractivity contribution >= 4 is 50.6 Å². The Morgan fingerprint density at radius 2 is 1.82 bits per heavy atom. The predicted octanol–water partition coefficient (Wildman–Crippen LogP) is 4.21. The highest BCUT2D eigenvalue weighted by atomic mass is 35.5. The highest BCUT2D eigenvalue weighted by Gasteiger charge is 2.16. The molecule has 1 amide bonds. The van der Waals surface area contributed by atoms with E-state index in [-0.39, 0.29) is 10.8 Å². The first-order chi connectivity index (χ1) is 18.4. The summed E-state index contributed by atoms with van der Waals surface area (Å²) >= 11 is 6.42. The lowest BCUT2D eigenvalue weighted by Gasteiger charge is -2.13. The highest BCUT2D eigenvalue weighted by molar-refractivity contribution is 7.89. The molecule has 0 spiro atoms. The Balaban J connectivity index is 1.23. The summed E-state index contributed by atoms with van der Waals surface area (Å²) in [4.78, 5) is 28.2. The molecule has 2 heterocycles. The van der Waals surface area contributed by atoms with Crippen LogP contribution in [-0.2, 0) is 10.0 Å². The summed E-state index contributed by atoms with van der Waals surface area (Å²) in [6.07, 6.45) is 4.10. The van der Waals surface area contributed by atoms with Crippen molar-refractivity contribution < 1.29 is 13.2 Å². The number of anilines is 1. The van der Waals surface area contributed by atoms with E-state index in [9.17, 15) is 13.2 Å². The number of carbonyl (C=O) groups is 1. The molecule has 1 aromatic heterocycles. The summed E-state index contributed by atoms with van der Waals surface area (Å²) in [5.41, 5.74) is 3.56. The molecule has 194 valence electrons. The summed E-state index contributed by atoms with van der Waals surface area (Å²) in [7, 11) is -3.68. The molecule has 0 saturated heterocycles. The SMILES string of the molecule is O=C(Nc1ccc(Cl)c(-c2cnc3ccccc3n2)c1)c1ccc(S(=O)(=O)NCCCN2C=NCC2)cc1. The van der Waals surface area contributed by atoms with Crippen LogP contribution in [0.4, 0.5) is 5.69 Å². The molecular weight excluding hydrogens is 524 g/mol. The first-order valence-corrected chi connectivity index (χ1v) is 13.9. The quantitative estimate of drug-likeness (QED) is 0.303. The minimum Gasteiger partial charge on any atom is -0.361 e. The van der Waals surface area contributed by atoms with Crippen LogP contribution in [0.25, 0.3) is 22.3 Å². The molecule has 11 heteroatoms. The van der Waals surface area contributed by atoms with Crippen molar-refractivity contribution in [3.05, 3.63) is 83.5 Å². The zero-order valence-corrected chi connectivity index (χ0v) is 21.9.